The first-order valence-electron chi connectivity index (χ1n) is 6.04. The van der Waals surface area contributed by atoms with Crippen LogP contribution in [-0.4, -0.2) is 71.3 Å². The monoisotopic (exact) mass is 223 g/mol. The number of hydrogen-bond acceptors (Lipinski definition) is 3. The molecule has 0 spiro atoms. The van der Waals surface area contributed by atoms with Crippen molar-refractivity contribution in [3.05, 3.63) is 0 Å². The predicted molar refractivity (Wildman–Crippen MR) is 57.8 cm³/mol. The smallest absolute Gasteiger partial charge is 0.252 e. The number of nitrogens with zero attached hydrogens (tertiary/aromatic N) is 3. The molecular formula is C11H17N3O2. The van der Waals surface area contributed by atoms with Crippen molar-refractivity contribution in [1.29, 1.82) is 0 Å². The number of rotatable bonds is 4. The lowest BCUT2D eigenvalue weighted by Gasteiger charge is -2.31. The molecule has 5 heteroatoms. The van der Waals surface area contributed by atoms with Crippen molar-refractivity contribution >= 4 is 11.8 Å². The van der Waals surface area contributed by atoms with Crippen molar-refractivity contribution < 1.29 is 9.59 Å². The molecule has 3 aliphatic heterocycles. The lowest BCUT2D eigenvalue weighted by Crippen LogP contribution is -2.57. The fraction of sp³-hybridized carbons (Fsp3) is 0.818. The van der Waals surface area contributed by atoms with Crippen LogP contribution in [0.25, 0.3) is 0 Å². The van der Waals surface area contributed by atoms with Gasteiger partial charge in [-0.05, 0) is 6.42 Å². The molecule has 5 nitrogen and oxygen atoms in total. The van der Waals surface area contributed by atoms with Crippen molar-refractivity contribution in [1.82, 2.24) is 14.7 Å². The average Bonchev–Trinajstić information content (AvgIpc) is 3.19. The zero-order valence-electron chi connectivity index (χ0n) is 9.61. The summed E-state index contributed by atoms with van der Waals surface area (Å²) in [6, 6.07) is 0. The van der Waals surface area contributed by atoms with E-state index in [1.54, 1.807) is 9.80 Å². The van der Waals surface area contributed by atoms with Crippen LogP contribution in [0.15, 0.2) is 0 Å². The van der Waals surface area contributed by atoms with Gasteiger partial charge in [0.05, 0.1) is 0 Å². The van der Waals surface area contributed by atoms with E-state index in [1.165, 1.54) is 0 Å². The van der Waals surface area contributed by atoms with Gasteiger partial charge in [0.1, 0.15) is 0 Å². The molecule has 88 valence electrons. The van der Waals surface area contributed by atoms with E-state index in [1.807, 2.05) is 11.8 Å². The molecule has 0 bridgehead atoms. The van der Waals surface area contributed by atoms with Crippen molar-refractivity contribution in [2.75, 3.05) is 39.3 Å². The Balaban J connectivity index is 1.90. The molecule has 0 aromatic carbocycles. The fourth-order valence-electron chi connectivity index (χ4n) is 2.35. The minimum atomic E-state index is -0.854. The highest BCUT2D eigenvalue weighted by atomic mass is 16.2. The van der Waals surface area contributed by atoms with Gasteiger partial charge in [-0.3, -0.25) is 14.5 Å². The van der Waals surface area contributed by atoms with Gasteiger partial charge in [-0.2, -0.15) is 0 Å². The van der Waals surface area contributed by atoms with Crippen LogP contribution in [0.5, 0.6) is 0 Å². The van der Waals surface area contributed by atoms with Crippen molar-refractivity contribution in [2.45, 2.75) is 18.9 Å². The van der Waals surface area contributed by atoms with Gasteiger partial charge < -0.3 is 9.80 Å². The Kier molecular flexibility index (Phi) is 2.01. The third-order valence-electron chi connectivity index (χ3n) is 3.68. The minimum Gasteiger partial charge on any atom is -0.337 e. The first-order chi connectivity index (χ1) is 7.70. The molecule has 16 heavy (non-hydrogen) atoms. The number of hydrogen-bond donors (Lipinski definition) is 0. The van der Waals surface area contributed by atoms with E-state index >= 15 is 0 Å². The number of carbonyl (C=O) groups is 2. The van der Waals surface area contributed by atoms with Gasteiger partial charge in [0.2, 0.25) is 0 Å². The van der Waals surface area contributed by atoms with Gasteiger partial charge in [0.25, 0.3) is 11.8 Å². The molecule has 3 aliphatic rings. The van der Waals surface area contributed by atoms with Gasteiger partial charge in [-0.25, -0.2) is 0 Å². The molecule has 3 fully saturated rings. The molecule has 0 N–H and O–H groups in total. The SMILES string of the molecule is CCC(C(=O)N1CC1)(C(=O)N1CC1)N1CC1. The second-order valence-corrected chi connectivity index (χ2v) is 4.79. The lowest BCUT2D eigenvalue weighted by molar-refractivity contribution is -0.148. The zero-order valence-corrected chi connectivity index (χ0v) is 9.61. The van der Waals surface area contributed by atoms with Crippen LogP contribution in [-0.2, 0) is 9.59 Å². The molecule has 0 radical (unpaired) electrons. The van der Waals surface area contributed by atoms with E-state index < -0.39 is 5.54 Å². The van der Waals surface area contributed by atoms with Gasteiger partial charge in [0, 0.05) is 39.3 Å². The predicted octanol–water partition coefficient (Wildman–Crippen LogP) is -0.865. The Morgan fingerprint density at radius 3 is 1.62 bits per heavy atom. The highest BCUT2D eigenvalue weighted by Gasteiger charge is 2.58. The Bertz CT molecular complexity index is 319. The normalized spacial score (nSPS) is 23.3. The summed E-state index contributed by atoms with van der Waals surface area (Å²) < 4.78 is 0. The summed E-state index contributed by atoms with van der Waals surface area (Å²) in [5.74, 6) is 0.0637. The Morgan fingerprint density at radius 1 is 0.938 bits per heavy atom. The fourth-order valence-corrected chi connectivity index (χ4v) is 2.35. The molecule has 3 heterocycles. The third-order valence-corrected chi connectivity index (χ3v) is 3.68. The molecule has 0 aliphatic carbocycles. The molecule has 3 saturated heterocycles. The summed E-state index contributed by atoms with van der Waals surface area (Å²) in [4.78, 5) is 30.3. The van der Waals surface area contributed by atoms with E-state index in [4.69, 9.17) is 0 Å². The van der Waals surface area contributed by atoms with Crippen LogP contribution in [0.1, 0.15) is 13.3 Å². The molecule has 0 saturated carbocycles. The Hall–Kier alpha value is -1.10. The van der Waals surface area contributed by atoms with Crippen LogP contribution in [0, 0.1) is 0 Å². The summed E-state index contributed by atoms with van der Waals surface area (Å²) in [6.45, 7) is 6.99. The standard InChI is InChI=1S/C11H17N3O2/c1-2-11(14-7-8-14,9(15)12-3-4-12)10(16)13-5-6-13/h2-8H2,1H3. The largest absolute Gasteiger partial charge is 0.337 e. The molecule has 0 atom stereocenters. The van der Waals surface area contributed by atoms with Crippen LogP contribution < -0.4 is 0 Å². The van der Waals surface area contributed by atoms with E-state index in [0.29, 0.717) is 6.42 Å². The van der Waals surface area contributed by atoms with Gasteiger partial charge in [0.15, 0.2) is 5.54 Å². The second kappa shape index (κ2) is 3.20. The zero-order chi connectivity index (χ0) is 11.3. The van der Waals surface area contributed by atoms with E-state index in [0.717, 1.165) is 39.3 Å². The van der Waals surface area contributed by atoms with Gasteiger partial charge in [-0.15, -0.1) is 0 Å². The average molecular weight is 223 g/mol. The lowest BCUT2D eigenvalue weighted by atomic mass is 9.93. The van der Waals surface area contributed by atoms with E-state index in [2.05, 4.69) is 0 Å². The summed E-state index contributed by atoms with van der Waals surface area (Å²) in [7, 11) is 0. The first kappa shape index (κ1) is 10.1. The second-order valence-electron chi connectivity index (χ2n) is 4.79. The molecule has 0 aromatic heterocycles. The quantitative estimate of drug-likeness (QED) is 0.460. The summed E-state index contributed by atoms with van der Waals surface area (Å²) >= 11 is 0. The topological polar surface area (TPSA) is 43.2 Å². The molecule has 0 aromatic rings. The van der Waals surface area contributed by atoms with Crippen molar-refractivity contribution in [3.63, 3.8) is 0 Å². The van der Waals surface area contributed by atoms with Crippen LogP contribution in [0.3, 0.4) is 0 Å². The summed E-state index contributed by atoms with van der Waals surface area (Å²) in [5.41, 5.74) is -0.854. The number of amides is 2. The Labute approximate surface area is 95.0 Å². The maximum Gasteiger partial charge on any atom is 0.252 e. The summed E-state index contributed by atoms with van der Waals surface area (Å²) in [6.07, 6.45) is 0.595. The van der Waals surface area contributed by atoms with Gasteiger partial charge >= 0.3 is 0 Å². The highest BCUT2D eigenvalue weighted by molar-refractivity contribution is 6.11. The highest BCUT2D eigenvalue weighted by Crippen LogP contribution is 2.34. The first-order valence-corrected chi connectivity index (χ1v) is 6.04. The van der Waals surface area contributed by atoms with Gasteiger partial charge in [-0.1, -0.05) is 6.92 Å². The number of carbonyl (C=O) groups excluding carboxylic acids is 2. The van der Waals surface area contributed by atoms with E-state index in [-0.39, 0.29) is 11.8 Å². The van der Waals surface area contributed by atoms with Crippen molar-refractivity contribution in [2.24, 2.45) is 0 Å². The van der Waals surface area contributed by atoms with Crippen LogP contribution in [0.4, 0.5) is 0 Å². The third kappa shape index (κ3) is 1.34. The molecule has 3 rings (SSSR count). The van der Waals surface area contributed by atoms with Crippen LogP contribution in [0.2, 0.25) is 0 Å². The molecular weight excluding hydrogens is 206 g/mol. The van der Waals surface area contributed by atoms with Crippen molar-refractivity contribution in [3.8, 4) is 0 Å². The maximum atomic E-state index is 12.4. The summed E-state index contributed by atoms with van der Waals surface area (Å²) in [5, 5.41) is 0. The van der Waals surface area contributed by atoms with Crippen LogP contribution >= 0.6 is 0 Å². The maximum absolute atomic E-state index is 12.4. The Morgan fingerprint density at radius 2 is 1.38 bits per heavy atom. The molecule has 2 amide bonds. The minimum absolute atomic E-state index is 0.0319. The van der Waals surface area contributed by atoms with E-state index in [9.17, 15) is 9.59 Å². The molecule has 0 unspecified atom stereocenters.